The Bertz CT molecular complexity index is 323. The Hall–Kier alpha value is -0.660. The normalized spacial score (nSPS) is 18.3. The topological polar surface area (TPSA) is 78.5 Å². The lowest BCUT2D eigenvalue weighted by atomic mass is 10.3. The predicted molar refractivity (Wildman–Crippen MR) is 61.5 cm³/mol. The molecule has 1 rings (SSSR count). The Morgan fingerprint density at radius 1 is 1.38 bits per heavy atom. The minimum absolute atomic E-state index is 0.000293. The molecule has 2 N–H and O–H groups in total. The zero-order valence-corrected chi connectivity index (χ0v) is 10.3. The van der Waals surface area contributed by atoms with E-state index < -0.39 is 15.9 Å². The lowest BCUT2D eigenvalue weighted by Crippen LogP contribution is -2.48. The minimum Gasteiger partial charge on any atom is -0.314 e. The van der Waals surface area contributed by atoms with Crippen molar-refractivity contribution in [3.63, 3.8) is 0 Å². The number of rotatable bonds is 5. The first-order chi connectivity index (χ1) is 7.53. The van der Waals surface area contributed by atoms with E-state index >= 15 is 0 Å². The van der Waals surface area contributed by atoms with Gasteiger partial charge in [-0.25, -0.2) is 8.42 Å². The molecule has 6 nitrogen and oxygen atoms in total. The zero-order chi connectivity index (χ0) is 12.0. The molecule has 1 aliphatic rings. The first-order valence-corrected chi connectivity index (χ1v) is 7.15. The smallest absolute Gasteiger partial charge is 0.247 e. The molecule has 0 aromatic heterocycles. The van der Waals surface area contributed by atoms with Gasteiger partial charge in [0.2, 0.25) is 15.9 Å². The molecule has 0 bridgehead atoms. The van der Waals surface area contributed by atoms with Crippen molar-refractivity contribution in [1.82, 2.24) is 14.9 Å². The van der Waals surface area contributed by atoms with E-state index in [9.17, 15) is 13.2 Å². The number of hydrogen-bond acceptors (Lipinski definition) is 5. The highest BCUT2D eigenvalue weighted by Crippen LogP contribution is 1.93. The van der Waals surface area contributed by atoms with E-state index in [0.717, 1.165) is 26.2 Å². The Balaban J connectivity index is 2.34. The molecule has 1 fully saturated rings. The molecule has 0 radical (unpaired) electrons. The van der Waals surface area contributed by atoms with E-state index in [2.05, 4.69) is 10.0 Å². The van der Waals surface area contributed by atoms with Crippen LogP contribution < -0.4 is 10.0 Å². The Labute approximate surface area is 96.4 Å². The second-order valence-corrected chi connectivity index (χ2v) is 5.71. The highest BCUT2D eigenvalue weighted by atomic mass is 32.2. The van der Waals surface area contributed by atoms with Crippen LogP contribution in [0.25, 0.3) is 0 Å². The fourth-order valence-corrected chi connectivity index (χ4v) is 2.65. The van der Waals surface area contributed by atoms with E-state index in [1.807, 2.05) is 4.90 Å². The van der Waals surface area contributed by atoms with Crippen molar-refractivity contribution >= 4 is 15.9 Å². The summed E-state index contributed by atoms with van der Waals surface area (Å²) in [6.45, 7) is 5.16. The Morgan fingerprint density at radius 2 is 2.00 bits per heavy atom. The summed E-state index contributed by atoms with van der Waals surface area (Å²) in [4.78, 5) is 13.4. The van der Waals surface area contributed by atoms with Crippen molar-refractivity contribution < 1.29 is 13.2 Å². The van der Waals surface area contributed by atoms with Crippen LogP contribution in [0.3, 0.4) is 0 Å². The fraction of sp³-hybridized carbons (Fsp3) is 0.889. The average molecular weight is 249 g/mol. The van der Waals surface area contributed by atoms with Crippen molar-refractivity contribution in [2.24, 2.45) is 0 Å². The molecule has 0 aromatic carbocycles. The standard InChI is InChI=1S/C9H19N3O3S/c1-2-7-16(14,15)11-9(13)8-12-5-3-10-4-6-12/h10H,2-8H2,1H3,(H,11,13). The highest BCUT2D eigenvalue weighted by molar-refractivity contribution is 7.90. The molecule has 94 valence electrons. The van der Waals surface area contributed by atoms with Gasteiger partial charge in [0.05, 0.1) is 12.3 Å². The number of sulfonamides is 1. The maximum atomic E-state index is 11.4. The molecular formula is C9H19N3O3S. The largest absolute Gasteiger partial charge is 0.314 e. The van der Waals surface area contributed by atoms with Crippen LogP contribution in [0.1, 0.15) is 13.3 Å². The molecule has 0 spiro atoms. The van der Waals surface area contributed by atoms with Gasteiger partial charge in [0, 0.05) is 26.2 Å². The van der Waals surface area contributed by atoms with Gasteiger partial charge in [0.1, 0.15) is 0 Å². The summed E-state index contributed by atoms with van der Waals surface area (Å²) in [5.74, 6) is -0.435. The van der Waals surface area contributed by atoms with Crippen LogP contribution in [0.15, 0.2) is 0 Å². The molecule has 0 atom stereocenters. The summed E-state index contributed by atoms with van der Waals surface area (Å²) in [5.41, 5.74) is 0. The summed E-state index contributed by atoms with van der Waals surface area (Å²) < 4.78 is 24.7. The summed E-state index contributed by atoms with van der Waals surface area (Å²) in [6, 6.07) is 0. The lowest BCUT2D eigenvalue weighted by Gasteiger charge is -2.26. The average Bonchev–Trinajstić information content (AvgIpc) is 2.17. The molecule has 1 aliphatic heterocycles. The first-order valence-electron chi connectivity index (χ1n) is 5.50. The summed E-state index contributed by atoms with van der Waals surface area (Å²) in [7, 11) is -3.42. The van der Waals surface area contributed by atoms with Gasteiger partial charge < -0.3 is 5.32 Å². The van der Waals surface area contributed by atoms with Crippen molar-refractivity contribution in [3.8, 4) is 0 Å². The molecule has 0 aliphatic carbocycles. The molecule has 0 unspecified atom stereocenters. The molecule has 7 heteroatoms. The second kappa shape index (κ2) is 6.17. The van der Waals surface area contributed by atoms with Crippen LogP contribution in [-0.4, -0.2) is 57.7 Å². The summed E-state index contributed by atoms with van der Waals surface area (Å²) in [5, 5.41) is 3.16. The van der Waals surface area contributed by atoms with Crippen molar-refractivity contribution in [3.05, 3.63) is 0 Å². The van der Waals surface area contributed by atoms with Crippen molar-refractivity contribution in [1.29, 1.82) is 0 Å². The van der Waals surface area contributed by atoms with Crippen LogP contribution in [0.5, 0.6) is 0 Å². The van der Waals surface area contributed by atoms with E-state index in [-0.39, 0.29) is 12.3 Å². The molecule has 16 heavy (non-hydrogen) atoms. The molecule has 0 saturated carbocycles. The van der Waals surface area contributed by atoms with E-state index in [0.29, 0.717) is 6.42 Å². The third-order valence-corrected chi connectivity index (χ3v) is 3.80. The number of piperazine rings is 1. The highest BCUT2D eigenvalue weighted by Gasteiger charge is 2.17. The second-order valence-electron chi connectivity index (χ2n) is 3.87. The Morgan fingerprint density at radius 3 is 2.56 bits per heavy atom. The quantitative estimate of drug-likeness (QED) is 0.636. The molecule has 1 saturated heterocycles. The van der Waals surface area contributed by atoms with E-state index in [1.54, 1.807) is 6.92 Å². The van der Waals surface area contributed by atoms with Crippen LogP contribution in [0, 0.1) is 0 Å². The Kier molecular flexibility index (Phi) is 5.17. The van der Waals surface area contributed by atoms with Gasteiger partial charge >= 0.3 is 0 Å². The number of hydrogen-bond donors (Lipinski definition) is 2. The van der Waals surface area contributed by atoms with Gasteiger partial charge in [-0.3, -0.25) is 14.4 Å². The monoisotopic (exact) mass is 249 g/mol. The summed E-state index contributed by atoms with van der Waals surface area (Å²) >= 11 is 0. The van der Waals surface area contributed by atoms with E-state index in [1.165, 1.54) is 0 Å². The molecule has 1 heterocycles. The third-order valence-electron chi connectivity index (χ3n) is 2.32. The van der Waals surface area contributed by atoms with Gasteiger partial charge in [-0.2, -0.15) is 0 Å². The number of nitrogens with zero attached hydrogens (tertiary/aromatic N) is 1. The van der Waals surface area contributed by atoms with Crippen molar-refractivity contribution in [2.45, 2.75) is 13.3 Å². The van der Waals surface area contributed by atoms with Crippen LogP contribution in [0.2, 0.25) is 0 Å². The minimum atomic E-state index is -3.42. The fourth-order valence-electron chi connectivity index (χ4n) is 1.60. The number of nitrogens with one attached hydrogen (secondary N) is 2. The van der Waals surface area contributed by atoms with Crippen molar-refractivity contribution in [2.75, 3.05) is 38.5 Å². The maximum absolute atomic E-state index is 11.4. The number of carbonyl (C=O) groups is 1. The number of carbonyl (C=O) groups excluding carboxylic acids is 1. The SMILES string of the molecule is CCCS(=O)(=O)NC(=O)CN1CCNCC1. The first kappa shape index (κ1) is 13.4. The van der Waals surface area contributed by atoms with Gasteiger partial charge in [-0.15, -0.1) is 0 Å². The molecule has 0 aromatic rings. The molecular weight excluding hydrogens is 230 g/mol. The van der Waals surface area contributed by atoms with Crippen LogP contribution >= 0.6 is 0 Å². The van der Waals surface area contributed by atoms with Gasteiger partial charge in [0.25, 0.3) is 0 Å². The third kappa shape index (κ3) is 4.91. The van der Waals surface area contributed by atoms with Crippen LogP contribution in [0.4, 0.5) is 0 Å². The predicted octanol–water partition coefficient (Wildman–Crippen LogP) is -1.25. The van der Waals surface area contributed by atoms with Gasteiger partial charge in [-0.1, -0.05) is 6.92 Å². The molecule has 1 amide bonds. The number of amides is 1. The summed E-state index contributed by atoms with van der Waals surface area (Å²) in [6.07, 6.45) is 0.510. The zero-order valence-electron chi connectivity index (χ0n) is 9.53. The van der Waals surface area contributed by atoms with E-state index in [4.69, 9.17) is 0 Å². The van der Waals surface area contributed by atoms with Gasteiger partial charge in [0.15, 0.2) is 0 Å². The van der Waals surface area contributed by atoms with Crippen LogP contribution in [-0.2, 0) is 14.8 Å². The van der Waals surface area contributed by atoms with Gasteiger partial charge in [-0.05, 0) is 6.42 Å². The maximum Gasteiger partial charge on any atom is 0.247 e. The lowest BCUT2D eigenvalue weighted by molar-refractivity contribution is -0.120.